The van der Waals surface area contributed by atoms with E-state index in [-0.39, 0.29) is 0 Å². The standard InChI is InChI=1S/C12H15ClN2S2/c1-2-16-8-4-7-14-12-15-10-6-3-5-9(13)11(10)17-12/h3,5-6H,2,4,7-8H2,1H3,(H,14,15). The second-order valence-corrected chi connectivity index (χ2v) is 6.38. The summed E-state index contributed by atoms with van der Waals surface area (Å²) in [7, 11) is 0. The second-order valence-electron chi connectivity index (χ2n) is 3.58. The molecule has 1 heterocycles. The van der Waals surface area contributed by atoms with Gasteiger partial charge in [0.05, 0.1) is 15.2 Å². The van der Waals surface area contributed by atoms with Crippen molar-refractivity contribution in [1.29, 1.82) is 0 Å². The Bertz CT molecular complexity index is 484. The molecule has 0 aliphatic rings. The molecule has 0 aliphatic heterocycles. The fourth-order valence-corrected chi connectivity index (χ4v) is 3.32. The van der Waals surface area contributed by atoms with Gasteiger partial charge in [0.2, 0.25) is 0 Å². The Morgan fingerprint density at radius 2 is 2.35 bits per heavy atom. The summed E-state index contributed by atoms with van der Waals surface area (Å²) >= 11 is 9.71. The molecule has 0 aliphatic carbocycles. The number of thiazole rings is 1. The molecule has 0 atom stereocenters. The zero-order valence-corrected chi connectivity index (χ0v) is 12.1. The lowest BCUT2D eigenvalue weighted by Gasteiger charge is -2.00. The Hall–Kier alpha value is -0.450. The topological polar surface area (TPSA) is 24.9 Å². The average Bonchev–Trinajstić information content (AvgIpc) is 2.73. The maximum Gasteiger partial charge on any atom is 0.183 e. The molecule has 0 amide bonds. The van der Waals surface area contributed by atoms with Crippen LogP contribution in [0.4, 0.5) is 5.13 Å². The van der Waals surface area contributed by atoms with E-state index in [0.29, 0.717) is 0 Å². The highest BCUT2D eigenvalue weighted by molar-refractivity contribution is 7.99. The van der Waals surface area contributed by atoms with Crippen molar-refractivity contribution in [3.8, 4) is 0 Å². The van der Waals surface area contributed by atoms with Crippen molar-refractivity contribution in [3.63, 3.8) is 0 Å². The molecule has 1 aromatic carbocycles. The third-order valence-electron chi connectivity index (χ3n) is 2.31. The number of halogens is 1. The maximum atomic E-state index is 6.11. The van der Waals surface area contributed by atoms with Crippen LogP contribution in [-0.4, -0.2) is 23.0 Å². The predicted octanol–water partition coefficient (Wildman–Crippen LogP) is 4.50. The first-order valence-electron chi connectivity index (χ1n) is 5.68. The van der Waals surface area contributed by atoms with Gasteiger partial charge in [-0.1, -0.05) is 35.9 Å². The Labute approximate surface area is 115 Å². The van der Waals surface area contributed by atoms with Gasteiger partial charge in [-0.25, -0.2) is 4.98 Å². The van der Waals surface area contributed by atoms with E-state index in [0.717, 1.165) is 26.9 Å². The van der Waals surface area contributed by atoms with Gasteiger partial charge in [0.1, 0.15) is 0 Å². The summed E-state index contributed by atoms with van der Waals surface area (Å²) in [5.41, 5.74) is 0.980. The molecule has 2 nitrogen and oxygen atoms in total. The zero-order chi connectivity index (χ0) is 12.1. The molecule has 0 radical (unpaired) electrons. The minimum atomic E-state index is 0.787. The summed E-state index contributed by atoms with van der Waals surface area (Å²) in [5.74, 6) is 2.39. The van der Waals surface area contributed by atoms with Gasteiger partial charge in [-0.15, -0.1) is 0 Å². The van der Waals surface area contributed by atoms with Crippen LogP contribution in [-0.2, 0) is 0 Å². The largest absolute Gasteiger partial charge is 0.361 e. The summed E-state index contributed by atoms with van der Waals surface area (Å²) in [5, 5.41) is 5.11. The minimum absolute atomic E-state index is 0.787. The van der Waals surface area contributed by atoms with E-state index in [1.54, 1.807) is 11.3 Å². The number of hydrogen-bond acceptors (Lipinski definition) is 4. The van der Waals surface area contributed by atoms with Crippen LogP contribution in [0.25, 0.3) is 10.2 Å². The normalized spacial score (nSPS) is 10.9. The summed E-state index contributed by atoms with van der Waals surface area (Å²) in [6.45, 7) is 3.16. The van der Waals surface area contributed by atoms with E-state index >= 15 is 0 Å². The predicted molar refractivity (Wildman–Crippen MR) is 80.7 cm³/mol. The summed E-state index contributed by atoms with van der Waals surface area (Å²) < 4.78 is 1.07. The van der Waals surface area contributed by atoms with Gasteiger partial charge in [-0.05, 0) is 30.1 Å². The van der Waals surface area contributed by atoms with Crippen LogP contribution in [0.5, 0.6) is 0 Å². The van der Waals surface area contributed by atoms with E-state index in [1.807, 2.05) is 30.0 Å². The van der Waals surface area contributed by atoms with Crippen LogP contribution in [0, 0.1) is 0 Å². The molecule has 0 spiro atoms. The van der Waals surface area contributed by atoms with Crippen LogP contribution < -0.4 is 5.32 Å². The average molecular weight is 287 g/mol. The van der Waals surface area contributed by atoms with Gasteiger partial charge in [-0.3, -0.25) is 0 Å². The molecule has 5 heteroatoms. The zero-order valence-electron chi connectivity index (χ0n) is 9.70. The number of anilines is 1. The number of aromatic nitrogens is 1. The molecule has 0 bridgehead atoms. The fraction of sp³-hybridized carbons (Fsp3) is 0.417. The smallest absolute Gasteiger partial charge is 0.183 e. The lowest BCUT2D eigenvalue weighted by molar-refractivity contribution is 0.989. The molecule has 2 rings (SSSR count). The van der Waals surface area contributed by atoms with E-state index in [9.17, 15) is 0 Å². The van der Waals surface area contributed by atoms with E-state index in [4.69, 9.17) is 11.6 Å². The van der Waals surface area contributed by atoms with Gasteiger partial charge in [0.15, 0.2) is 5.13 Å². The second kappa shape index (κ2) is 6.47. The van der Waals surface area contributed by atoms with Gasteiger partial charge < -0.3 is 5.32 Å². The third-order valence-corrected chi connectivity index (χ3v) is 4.79. The number of benzene rings is 1. The van der Waals surface area contributed by atoms with E-state index in [2.05, 4.69) is 17.2 Å². The highest BCUT2D eigenvalue weighted by Gasteiger charge is 2.05. The van der Waals surface area contributed by atoms with E-state index < -0.39 is 0 Å². The first-order valence-corrected chi connectivity index (χ1v) is 8.03. The van der Waals surface area contributed by atoms with Crippen molar-refractivity contribution in [3.05, 3.63) is 23.2 Å². The summed E-state index contributed by atoms with van der Waals surface area (Å²) in [4.78, 5) is 4.51. The van der Waals surface area contributed by atoms with Crippen LogP contribution in [0.2, 0.25) is 5.02 Å². The maximum absolute atomic E-state index is 6.11. The van der Waals surface area contributed by atoms with Gasteiger partial charge >= 0.3 is 0 Å². The molecule has 0 unspecified atom stereocenters. The number of fused-ring (bicyclic) bond motifs is 1. The number of thioether (sulfide) groups is 1. The van der Waals surface area contributed by atoms with Gasteiger partial charge in [-0.2, -0.15) is 11.8 Å². The molecule has 1 N–H and O–H groups in total. The molecular weight excluding hydrogens is 272 g/mol. The van der Waals surface area contributed by atoms with Gasteiger partial charge in [0.25, 0.3) is 0 Å². The number of rotatable bonds is 6. The molecular formula is C12H15ClN2S2. The van der Waals surface area contributed by atoms with Crippen molar-refractivity contribution >= 4 is 50.0 Å². The van der Waals surface area contributed by atoms with Gasteiger partial charge in [0, 0.05) is 6.54 Å². The molecule has 2 aromatic rings. The van der Waals surface area contributed by atoms with Crippen molar-refractivity contribution in [1.82, 2.24) is 4.98 Å². The number of nitrogens with zero attached hydrogens (tertiary/aromatic N) is 1. The third kappa shape index (κ3) is 3.50. The van der Waals surface area contributed by atoms with Crippen molar-refractivity contribution in [2.45, 2.75) is 13.3 Å². The summed E-state index contributed by atoms with van der Waals surface area (Å²) in [6.07, 6.45) is 1.17. The Kier molecular flexibility index (Phi) is 4.95. The summed E-state index contributed by atoms with van der Waals surface area (Å²) in [6, 6.07) is 5.84. The van der Waals surface area contributed by atoms with E-state index in [1.165, 1.54) is 17.9 Å². The Morgan fingerprint density at radius 1 is 1.47 bits per heavy atom. The first-order chi connectivity index (χ1) is 8.31. The molecule has 92 valence electrons. The molecule has 17 heavy (non-hydrogen) atoms. The Morgan fingerprint density at radius 3 is 3.12 bits per heavy atom. The molecule has 0 saturated carbocycles. The monoisotopic (exact) mass is 286 g/mol. The first kappa shape index (κ1) is 13.0. The molecule has 0 saturated heterocycles. The fourth-order valence-electron chi connectivity index (χ4n) is 1.50. The highest BCUT2D eigenvalue weighted by atomic mass is 35.5. The highest BCUT2D eigenvalue weighted by Crippen LogP contribution is 2.31. The SMILES string of the molecule is CCSCCCNc1nc2cccc(Cl)c2s1. The van der Waals surface area contributed by atoms with Crippen molar-refractivity contribution in [2.75, 3.05) is 23.4 Å². The molecule has 1 aromatic heterocycles. The van der Waals surface area contributed by atoms with Crippen LogP contribution >= 0.6 is 34.7 Å². The van der Waals surface area contributed by atoms with Crippen LogP contribution in [0.15, 0.2) is 18.2 Å². The Balaban J connectivity index is 1.93. The van der Waals surface area contributed by atoms with Crippen LogP contribution in [0.3, 0.4) is 0 Å². The quantitative estimate of drug-likeness (QED) is 0.791. The van der Waals surface area contributed by atoms with Crippen LogP contribution in [0.1, 0.15) is 13.3 Å². The molecule has 0 fully saturated rings. The number of nitrogens with one attached hydrogen (secondary N) is 1. The minimum Gasteiger partial charge on any atom is -0.361 e. The lowest BCUT2D eigenvalue weighted by Crippen LogP contribution is -2.01. The lowest BCUT2D eigenvalue weighted by atomic mass is 10.3. The number of hydrogen-bond donors (Lipinski definition) is 1. The van der Waals surface area contributed by atoms with Crippen molar-refractivity contribution in [2.24, 2.45) is 0 Å². The van der Waals surface area contributed by atoms with Crippen molar-refractivity contribution < 1.29 is 0 Å².